The molecule has 2 N–H and O–H groups in total. The third-order valence-corrected chi connectivity index (χ3v) is 21.5. The summed E-state index contributed by atoms with van der Waals surface area (Å²) < 4.78 is 32.1. The van der Waals surface area contributed by atoms with Crippen LogP contribution < -0.4 is 9.47 Å². The van der Waals surface area contributed by atoms with Crippen LogP contribution in [0, 0.1) is 71.0 Å². The number of rotatable bonds is 28. The van der Waals surface area contributed by atoms with Gasteiger partial charge in [-0.25, -0.2) is 19.2 Å². The van der Waals surface area contributed by atoms with Crippen LogP contribution in [0.3, 0.4) is 0 Å². The van der Waals surface area contributed by atoms with Crippen LogP contribution in [0.25, 0.3) is 0 Å². The molecule has 15 nitrogen and oxygen atoms in total. The fourth-order valence-electron chi connectivity index (χ4n) is 15.8. The molecule has 6 fully saturated rings. The number of carbonyl (C=O) groups is 7. The van der Waals surface area contributed by atoms with Crippen LogP contribution in [0.4, 0.5) is 0 Å². The summed E-state index contributed by atoms with van der Waals surface area (Å²) in [6, 6.07) is 8.24. The Hall–Kier alpha value is -5.70. The fraction of sp³-hybridized carbons (Fsp3) is 0.697. The highest BCUT2D eigenvalue weighted by Crippen LogP contribution is 2.46. The van der Waals surface area contributed by atoms with Crippen molar-refractivity contribution in [2.45, 2.75) is 239 Å². The van der Waals surface area contributed by atoms with Gasteiger partial charge in [-0.3, -0.25) is 14.4 Å². The van der Waals surface area contributed by atoms with Crippen LogP contribution in [0.15, 0.2) is 61.7 Å². The van der Waals surface area contributed by atoms with Crippen molar-refractivity contribution in [2.75, 3.05) is 26.4 Å². The largest absolute Gasteiger partial charge is 0.508 e. The van der Waals surface area contributed by atoms with Gasteiger partial charge in [0.15, 0.2) is 0 Å². The maximum atomic E-state index is 13.5. The lowest BCUT2D eigenvalue weighted by molar-refractivity contribution is -0.141. The smallest absolute Gasteiger partial charge is 0.342 e. The quantitative estimate of drug-likeness (QED) is 0.0154. The van der Waals surface area contributed by atoms with E-state index in [0.29, 0.717) is 37.5 Å². The first-order valence-corrected chi connectivity index (χ1v) is 36.1. The molecule has 6 saturated carbocycles. The Morgan fingerprint density at radius 1 is 0.435 bits per heavy atom. The van der Waals surface area contributed by atoms with E-state index in [1.54, 1.807) is 12.1 Å². The summed E-state index contributed by atoms with van der Waals surface area (Å²) in [6.07, 6.45) is 40.7. The summed E-state index contributed by atoms with van der Waals surface area (Å²) in [4.78, 5) is 85.1. The van der Waals surface area contributed by atoms with Crippen LogP contribution in [0.5, 0.6) is 23.0 Å². The van der Waals surface area contributed by atoms with Crippen molar-refractivity contribution in [3.8, 4) is 23.0 Å². The van der Waals surface area contributed by atoms with Gasteiger partial charge in [-0.2, -0.15) is 0 Å². The van der Waals surface area contributed by atoms with E-state index in [-0.39, 0.29) is 95.5 Å². The zero-order valence-electron chi connectivity index (χ0n) is 55.9. The average molecular weight is 1300 g/mol. The van der Waals surface area contributed by atoms with Crippen molar-refractivity contribution in [1.82, 2.24) is 0 Å². The van der Waals surface area contributed by atoms with Gasteiger partial charge in [-0.1, -0.05) is 111 Å². The summed E-state index contributed by atoms with van der Waals surface area (Å²) in [5, 5.41) is 18.6. The van der Waals surface area contributed by atoms with Crippen LogP contribution in [0.2, 0.25) is 0 Å². The van der Waals surface area contributed by atoms with Crippen molar-refractivity contribution >= 4 is 52.7 Å². The zero-order chi connectivity index (χ0) is 66.2. The van der Waals surface area contributed by atoms with Gasteiger partial charge in [-0.05, 0) is 243 Å². The predicted octanol–water partition coefficient (Wildman–Crippen LogP) is 17.9. The minimum atomic E-state index is -0.721. The first kappa shape index (κ1) is 75.3. The van der Waals surface area contributed by atoms with Crippen molar-refractivity contribution < 1.29 is 72.2 Å². The van der Waals surface area contributed by atoms with Crippen molar-refractivity contribution in [2.24, 2.45) is 71.0 Å². The minimum Gasteiger partial charge on any atom is -0.508 e. The lowest BCUT2D eigenvalue weighted by atomic mass is 9.69. The molecule has 8 rings (SSSR count). The molecule has 0 saturated heterocycles. The molecule has 0 spiro atoms. The van der Waals surface area contributed by atoms with Gasteiger partial charge in [0.2, 0.25) is 5.24 Å². The van der Waals surface area contributed by atoms with Crippen LogP contribution in [-0.2, 0) is 42.9 Å². The second-order valence-corrected chi connectivity index (χ2v) is 27.9. The molecule has 2 aromatic carbocycles. The number of aromatic hydroxyl groups is 2. The summed E-state index contributed by atoms with van der Waals surface area (Å²) in [5.74, 6) is 4.37. The van der Waals surface area contributed by atoms with Gasteiger partial charge in [-0.15, -0.1) is 0 Å². The molecule has 0 atom stereocenters. The molecule has 16 heteroatoms. The summed E-state index contributed by atoms with van der Waals surface area (Å²) in [6.45, 7) is 14.1. The Labute approximate surface area is 554 Å². The van der Waals surface area contributed by atoms with E-state index in [2.05, 4.69) is 33.9 Å². The van der Waals surface area contributed by atoms with Crippen LogP contribution in [-0.4, -0.2) is 77.7 Å². The monoisotopic (exact) mass is 1300 g/mol. The molecule has 0 bridgehead atoms. The summed E-state index contributed by atoms with van der Waals surface area (Å²) >= 11 is 5.61. The number of hydrogen-bond acceptors (Lipinski definition) is 15. The normalized spacial score (nSPS) is 26.3. The number of carbonyl (C=O) groups excluding carboxylic acids is 7. The number of ether oxygens (including phenoxy) is 6. The Bertz CT molecular complexity index is 2600. The first-order valence-electron chi connectivity index (χ1n) is 35.7. The van der Waals surface area contributed by atoms with Crippen LogP contribution >= 0.6 is 11.6 Å². The molecular weight excluding hydrogens is 1190 g/mol. The fourth-order valence-corrected chi connectivity index (χ4v) is 16.0. The van der Waals surface area contributed by atoms with Gasteiger partial charge in [0.1, 0.15) is 34.1 Å². The number of hydrogen-bond donors (Lipinski definition) is 2. The third kappa shape index (κ3) is 25.6. The van der Waals surface area contributed by atoms with Gasteiger partial charge >= 0.3 is 35.8 Å². The Morgan fingerprint density at radius 3 is 1.15 bits per heavy atom. The molecule has 6 aliphatic rings. The number of esters is 6. The molecule has 0 heterocycles. The predicted molar refractivity (Wildman–Crippen MR) is 357 cm³/mol. The number of benzene rings is 2. The minimum absolute atomic E-state index is 0.0617. The van der Waals surface area contributed by atoms with E-state index < -0.39 is 23.9 Å². The second-order valence-electron chi connectivity index (χ2n) is 27.5. The second kappa shape index (κ2) is 41.2. The molecule has 512 valence electrons. The molecular formula is C76H111ClO15. The molecule has 0 unspecified atom stereocenters. The third-order valence-electron chi connectivity index (χ3n) is 21.2. The van der Waals surface area contributed by atoms with Gasteiger partial charge in [0.05, 0.1) is 38.3 Å². The maximum absolute atomic E-state index is 13.5. The van der Waals surface area contributed by atoms with Crippen LogP contribution in [0.1, 0.15) is 260 Å². The van der Waals surface area contributed by atoms with Crippen molar-refractivity contribution in [3.05, 3.63) is 72.8 Å². The number of phenolic OH excluding ortho intramolecular Hbond substituents is 2. The molecule has 0 aromatic heterocycles. The van der Waals surface area contributed by atoms with Gasteiger partial charge < -0.3 is 38.6 Å². The standard InChI is InChI=1S/C46H68O8.C16H27ClO.C14H16O6/c1-4-9-32-11-15-34(16-12-32)36-19-23-38(24-20-36)44(48)53-40-27-28-42(41(31-40)46(50)52-30-8-7-29-51-43(47)6-3)54-45(49)39-25-21-37(22-26-39)35-17-13-33(10-5-2)14-18-35;1-2-3-12-4-6-13(7-5-12)14-8-10-15(11-9-14)16(17)18;1-2-13(17)19-7-3-4-8-20-14(18)11-9-10(15)5-6-12(11)16/h6,27-28,31-39H,3-5,7-26,29-30H2,1-2H3;12-15H,2-11H2,1H3;2,5-6,9,15-16H,1,3-4,7-8H2. The Kier molecular flexibility index (Phi) is 33.7. The summed E-state index contributed by atoms with van der Waals surface area (Å²) in [5.41, 5.74) is -0.0327. The maximum Gasteiger partial charge on any atom is 0.342 e. The number of phenols is 2. The van der Waals surface area contributed by atoms with E-state index in [1.165, 1.54) is 147 Å². The Morgan fingerprint density at radius 2 is 0.783 bits per heavy atom. The molecule has 92 heavy (non-hydrogen) atoms. The number of unbranched alkanes of at least 4 members (excludes halogenated alkanes) is 2. The van der Waals surface area contributed by atoms with E-state index in [1.807, 2.05) is 0 Å². The average Bonchev–Trinajstić information content (AvgIpc) is 3.31. The zero-order valence-corrected chi connectivity index (χ0v) is 56.7. The first-order chi connectivity index (χ1) is 44.5. The van der Waals surface area contributed by atoms with E-state index in [0.717, 1.165) is 124 Å². The highest BCUT2D eigenvalue weighted by Gasteiger charge is 2.37. The number of halogens is 1. The van der Waals surface area contributed by atoms with Gasteiger partial charge in [0, 0.05) is 18.1 Å². The Balaban J connectivity index is 0.000000286. The van der Waals surface area contributed by atoms with Crippen molar-refractivity contribution in [1.29, 1.82) is 0 Å². The molecule has 0 radical (unpaired) electrons. The van der Waals surface area contributed by atoms with Gasteiger partial charge in [0.25, 0.3) is 0 Å². The topological polar surface area (TPSA) is 215 Å². The SMILES string of the molecule is C=CC(=O)OCCCCOC(=O)c1cc(O)ccc1O.C=CC(=O)OCCCCOC(=O)c1cc(OC(=O)C2CCC(C3CCC(CCC)CC3)CC2)ccc1OC(=O)C1CCC(C2CCC(CCC)CC2)CC1.CCCC1CCC(C2CCC(C(=O)Cl)CC2)CC1. The summed E-state index contributed by atoms with van der Waals surface area (Å²) in [7, 11) is 0. The lowest BCUT2D eigenvalue weighted by Crippen LogP contribution is -2.30. The highest BCUT2D eigenvalue weighted by atomic mass is 35.5. The van der Waals surface area contributed by atoms with Crippen molar-refractivity contribution in [3.63, 3.8) is 0 Å². The highest BCUT2D eigenvalue weighted by molar-refractivity contribution is 6.64. The molecule has 0 amide bonds. The van der Waals surface area contributed by atoms with E-state index in [4.69, 9.17) is 40.0 Å². The van der Waals surface area contributed by atoms with E-state index >= 15 is 0 Å². The van der Waals surface area contributed by atoms with E-state index in [9.17, 15) is 43.8 Å². The molecule has 0 aliphatic heterocycles. The molecule has 2 aromatic rings. The molecule has 6 aliphatic carbocycles. The lowest BCUT2D eigenvalue weighted by Gasteiger charge is -2.37.